The van der Waals surface area contributed by atoms with Gasteiger partial charge in [-0.05, 0) is 38.1 Å². The fourth-order valence-electron chi connectivity index (χ4n) is 3.09. The molecule has 0 unspecified atom stereocenters. The van der Waals surface area contributed by atoms with Crippen LogP contribution < -0.4 is 10.6 Å². The van der Waals surface area contributed by atoms with Crippen molar-refractivity contribution in [3.8, 4) is 0 Å². The Morgan fingerprint density at radius 3 is 2.50 bits per heavy atom. The minimum atomic E-state index is -0.498. The first-order chi connectivity index (χ1) is 12.6. The zero-order valence-electron chi connectivity index (χ0n) is 14.4. The summed E-state index contributed by atoms with van der Waals surface area (Å²) in [5.41, 5.74) is 1.18. The van der Waals surface area contributed by atoms with Crippen LogP contribution in [0.2, 0.25) is 0 Å². The zero-order valence-corrected chi connectivity index (χ0v) is 14.4. The smallest absolute Gasteiger partial charge is 0.277 e. The number of β-amino-alcohol motifs (C(OH)–C–C–N with tert-alkyl or cyclic N) is 1. The number of nitrogens with one attached hydrogen (secondary N) is 2. The predicted molar refractivity (Wildman–Crippen MR) is 96.3 cm³/mol. The molecule has 2 aliphatic heterocycles. The molecule has 0 saturated carbocycles. The van der Waals surface area contributed by atoms with Crippen LogP contribution in [0, 0.1) is 0 Å². The molecule has 3 rings (SSSR count). The Morgan fingerprint density at radius 1 is 1.12 bits per heavy atom. The number of amides is 3. The van der Waals surface area contributed by atoms with E-state index in [1.54, 1.807) is 24.3 Å². The molecule has 1 fully saturated rings. The average molecular weight is 358 g/mol. The SMILES string of the molecule is O=C(CN1CCCC1)Nc1ccccc1NC1=CC(=O)N(CCO)C1=O. The van der Waals surface area contributed by atoms with E-state index in [9.17, 15) is 14.4 Å². The molecule has 3 amide bonds. The lowest BCUT2D eigenvalue weighted by Gasteiger charge is -2.17. The van der Waals surface area contributed by atoms with Gasteiger partial charge in [0.15, 0.2) is 0 Å². The third-order valence-electron chi connectivity index (χ3n) is 4.37. The fraction of sp³-hybridized carbons (Fsp3) is 0.389. The fourth-order valence-corrected chi connectivity index (χ4v) is 3.09. The summed E-state index contributed by atoms with van der Waals surface area (Å²) in [6, 6.07) is 7.01. The highest BCUT2D eigenvalue weighted by molar-refractivity contribution is 6.17. The summed E-state index contributed by atoms with van der Waals surface area (Å²) in [6.45, 7) is 1.85. The van der Waals surface area contributed by atoms with Crippen molar-refractivity contribution in [1.82, 2.24) is 9.80 Å². The van der Waals surface area contributed by atoms with Gasteiger partial charge in [-0.3, -0.25) is 24.2 Å². The molecule has 26 heavy (non-hydrogen) atoms. The highest BCUT2D eigenvalue weighted by Crippen LogP contribution is 2.25. The van der Waals surface area contributed by atoms with Crippen LogP contribution in [0.1, 0.15) is 12.8 Å². The highest BCUT2D eigenvalue weighted by atomic mass is 16.3. The number of benzene rings is 1. The van der Waals surface area contributed by atoms with Gasteiger partial charge in [-0.1, -0.05) is 12.1 Å². The molecule has 0 aliphatic carbocycles. The number of hydrogen-bond acceptors (Lipinski definition) is 6. The molecule has 0 aromatic heterocycles. The van der Waals surface area contributed by atoms with Crippen LogP contribution in [0.15, 0.2) is 36.0 Å². The van der Waals surface area contributed by atoms with E-state index in [4.69, 9.17) is 5.11 Å². The van der Waals surface area contributed by atoms with Gasteiger partial charge in [0.1, 0.15) is 5.70 Å². The van der Waals surface area contributed by atoms with Crippen molar-refractivity contribution in [2.75, 3.05) is 43.4 Å². The van der Waals surface area contributed by atoms with Crippen molar-refractivity contribution in [3.63, 3.8) is 0 Å². The second kappa shape index (κ2) is 8.11. The summed E-state index contributed by atoms with van der Waals surface area (Å²) >= 11 is 0. The lowest BCUT2D eigenvalue weighted by molar-refractivity contribution is -0.137. The maximum absolute atomic E-state index is 12.3. The molecule has 0 atom stereocenters. The van der Waals surface area contributed by atoms with Gasteiger partial charge in [0.2, 0.25) is 5.91 Å². The average Bonchev–Trinajstić information content (AvgIpc) is 3.21. The number of anilines is 2. The molecule has 0 spiro atoms. The summed E-state index contributed by atoms with van der Waals surface area (Å²) in [6.07, 6.45) is 3.42. The van der Waals surface area contributed by atoms with E-state index < -0.39 is 11.8 Å². The van der Waals surface area contributed by atoms with Crippen LogP contribution in [-0.4, -0.2) is 65.4 Å². The largest absolute Gasteiger partial charge is 0.395 e. The third-order valence-corrected chi connectivity index (χ3v) is 4.37. The lowest BCUT2D eigenvalue weighted by Crippen LogP contribution is -2.34. The molecule has 1 aromatic rings. The normalized spacial score (nSPS) is 17.6. The van der Waals surface area contributed by atoms with Crippen LogP contribution in [-0.2, 0) is 14.4 Å². The van der Waals surface area contributed by atoms with Gasteiger partial charge in [-0.2, -0.15) is 0 Å². The first-order valence-electron chi connectivity index (χ1n) is 8.65. The van der Waals surface area contributed by atoms with E-state index in [0.29, 0.717) is 17.9 Å². The summed E-state index contributed by atoms with van der Waals surface area (Å²) in [5, 5.41) is 14.7. The van der Waals surface area contributed by atoms with Crippen LogP contribution in [0.5, 0.6) is 0 Å². The predicted octanol–water partition coefficient (Wildman–Crippen LogP) is 0.378. The first kappa shape index (κ1) is 18.1. The Kier molecular flexibility index (Phi) is 5.65. The number of rotatable bonds is 7. The van der Waals surface area contributed by atoms with E-state index in [1.807, 2.05) is 0 Å². The number of para-hydroxylation sites is 2. The molecule has 0 bridgehead atoms. The minimum Gasteiger partial charge on any atom is -0.395 e. The maximum Gasteiger partial charge on any atom is 0.277 e. The molecule has 3 N–H and O–H groups in total. The van der Waals surface area contributed by atoms with Crippen molar-refractivity contribution < 1.29 is 19.5 Å². The maximum atomic E-state index is 12.3. The van der Waals surface area contributed by atoms with Crippen molar-refractivity contribution in [2.45, 2.75) is 12.8 Å². The Morgan fingerprint density at radius 2 is 1.81 bits per heavy atom. The monoisotopic (exact) mass is 358 g/mol. The van der Waals surface area contributed by atoms with Gasteiger partial charge in [0.25, 0.3) is 11.8 Å². The molecule has 1 aromatic carbocycles. The molecule has 8 heteroatoms. The second-order valence-electron chi connectivity index (χ2n) is 6.28. The van der Waals surface area contributed by atoms with Gasteiger partial charge in [-0.25, -0.2) is 0 Å². The summed E-state index contributed by atoms with van der Waals surface area (Å²) in [4.78, 5) is 39.4. The zero-order chi connectivity index (χ0) is 18.5. The topological polar surface area (TPSA) is 102 Å². The quantitative estimate of drug-likeness (QED) is 0.609. The van der Waals surface area contributed by atoms with Crippen molar-refractivity contribution in [1.29, 1.82) is 0 Å². The van der Waals surface area contributed by atoms with Gasteiger partial charge >= 0.3 is 0 Å². The van der Waals surface area contributed by atoms with Gasteiger partial charge in [0.05, 0.1) is 31.1 Å². The molecular weight excluding hydrogens is 336 g/mol. The van der Waals surface area contributed by atoms with Crippen LogP contribution in [0.25, 0.3) is 0 Å². The number of hydrogen-bond donors (Lipinski definition) is 3. The minimum absolute atomic E-state index is 0.0481. The third kappa shape index (κ3) is 4.09. The second-order valence-corrected chi connectivity index (χ2v) is 6.28. The van der Waals surface area contributed by atoms with Crippen LogP contribution >= 0.6 is 0 Å². The standard InChI is InChI=1S/C18H22N4O4/c23-10-9-22-17(25)11-15(18(22)26)19-13-5-1-2-6-14(13)20-16(24)12-21-7-3-4-8-21/h1-2,5-6,11,19,23H,3-4,7-10,12H2,(H,20,24). The van der Waals surface area contributed by atoms with E-state index in [0.717, 1.165) is 30.8 Å². The Bertz CT molecular complexity index is 740. The number of aliphatic hydroxyl groups excluding tert-OH is 1. The molecule has 138 valence electrons. The number of carbonyl (C=O) groups is 3. The van der Waals surface area contributed by atoms with E-state index >= 15 is 0 Å². The van der Waals surface area contributed by atoms with Crippen molar-refractivity contribution in [2.24, 2.45) is 0 Å². The Balaban J connectivity index is 1.67. The van der Waals surface area contributed by atoms with Gasteiger partial charge in [-0.15, -0.1) is 0 Å². The van der Waals surface area contributed by atoms with Crippen LogP contribution in [0.3, 0.4) is 0 Å². The van der Waals surface area contributed by atoms with Crippen LogP contribution in [0.4, 0.5) is 11.4 Å². The number of carbonyl (C=O) groups excluding carboxylic acids is 3. The van der Waals surface area contributed by atoms with E-state index in [1.165, 1.54) is 6.08 Å². The lowest BCUT2D eigenvalue weighted by atomic mass is 10.2. The Labute approximate surface area is 151 Å². The molecule has 8 nitrogen and oxygen atoms in total. The summed E-state index contributed by atoms with van der Waals surface area (Å²) < 4.78 is 0. The molecular formula is C18H22N4O4. The van der Waals surface area contributed by atoms with Crippen molar-refractivity contribution >= 4 is 29.1 Å². The van der Waals surface area contributed by atoms with Gasteiger partial charge in [0, 0.05) is 6.08 Å². The molecule has 0 radical (unpaired) electrons. The first-order valence-corrected chi connectivity index (χ1v) is 8.65. The molecule has 2 aliphatic rings. The number of imide groups is 1. The summed E-state index contributed by atoms with van der Waals surface area (Å²) in [5.74, 6) is -1.09. The molecule has 1 saturated heterocycles. The van der Waals surface area contributed by atoms with Gasteiger partial charge < -0.3 is 15.7 Å². The number of aliphatic hydroxyl groups is 1. The van der Waals surface area contributed by atoms with E-state index in [2.05, 4.69) is 15.5 Å². The number of likely N-dealkylation sites (tertiary alicyclic amines) is 1. The number of nitrogens with zero attached hydrogens (tertiary/aromatic N) is 2. The summed E-state index contributed by atoms with van der Waals surface area (Å²) in [7, 11) is 0. The molecule has 2 heterocycles. The van der Waals surface area contributed by atoms with E-state index in [-0.39, 0.29) is 24.8 Å². The Hall–Kier alpha value is -2.71. The highest BCUT2D eigenvalue weighted by Gasteiger charge is 2.31. The van der Waals surface area contributed by atoms with Crippen molar-refractivity contribution in [3.05, 3.63) is 36.0 Å².